The molecule has 6 heteroatoms. The molecule has 6 nitrogen and oxygen atoms in total. The van der Waals surface area contributed by atoms with Gasteiger partial charge in [-0.05, 0) is 24.8 Å². The molecule has 3 rings (SSSR count). The number of likely N-dealkylation sites (tertiary alicyclic amines) is 1. The van der Waals surface area contributed by atoms with Gasteiger partial charge in [-0.1, -0.05) is 30.3 Å². The summed E-state index contributed by atoms with van der Waals surface area (Å²) in [5.74, 6) is -0.0748. The predicted molar refractivity (Wildman–Crippen MR) is 90.8 cm³/mol. The lowest BCUT2D eigenvalue weighted by molar-refractivity contribution is -0.132. The zero-order valence-electron chi connectivity index (χ0n) is 13.7. The maximum atomic E-state index is 12.6. The molecule has 1 aliphatic heterocycles. The van der Waals surface area contributed by atoms with Gasteiger partial charge in [0.15, 0.2) is 0 Å². The lowest BCUT2D eigenvalue weighted by Gasteiger charge is -2.25. The number of aromatic nitrogens is 2. The van der Waals surface area contributed by atoms with E-state index in [0.717, 1.165) is 30.4 Å². The maximum absolute atomic E-state index is 12.6. The van der Waals surface area contributed by atoms with E-state index in [1.165, 1.54) is 29.4 Å². The molecule has 24 heavy (non-hydrogen) atoms. The van der Waals surface area contributed by atoms with Crippen molar-refractivity contribution in [1.82, 2.24) is 14.0 Å². The van der Waals surface area contributed by atoms with E-state index in [0.29, 0.717) is 0 Å². The zero-order chi connectivity index (χ0) is 17.1. The Bertz CT molecular complexity index is 839. The number of amides is 1. The first-order valence-electron chi connectivity index (χ1n) is 8.16. The quantitative estimate of drug-likeness (QED) is 0.834. The van der Waals surface area contributed by atoms with E-state index < -0.39 is 5.69 Å². The van der Waals surface area contributed by atoms with E-state index >= 15 is 0 Å². The Labute approximate surface area is 140 Å². The van der Waals surface area contributed by atoms with Crippen molar-refractivity contribution in [2.75, 3.05) is 6.54 Å². The average Bonchev–Trinajstić information content (AvgIpc) is 3.04. The third-order valence-electron chi connectivity index (χ3n) is 4.58. The van der Waals surface area contributed by atoms with Crippen LogP contribution in [0.4, 0.5) is 0 Å². The van der Waals surface area contributed by atoms with Crippen LogP contribution in [0.5, 0.6) is 0 Å². The topological polar surface area (TPSA) is 64.3 Å². The molecule has 126 valence electrons. The van der Waals surface area contributed by atoms with E-state index in [1.807, 2.05) is 23.1 Å². The average molecular weight is 327 g/mol. The fourth-order valence-corrected chi connectivity index (χ4v) is 3.24. The highest BCUT2D eigenvalue weighted by atomic mass is 16.2. The second-order valence-corrected chi connectivity index (χ2v) is 6.20. The van der Waals surface area contributed by atoms with Gasteiger partial charge < -0.3 is 4.90 Å². The Morgan fingerprint density at radius 2 is 1.92 bits per heavy atom. The van der Waals surface area contributed by atoms with Gasteiger partial charge in [0.25, 0.3) is 5.56 Å². The van der Waals surface area contributed by atoms with Gasteiger partial charge in [0.05, 0.1) is 0 Å². The number of nitrogens with zero attached hydrogens (tertiary/aromatic N) is 3. The Morgan fingerprint density at radius 1 is 1.17 bits per heavy atom. The fourth-order valence-electron chi connectivity index (χ4n) is 3.24. The van der Waals surface area contributed by atoms with Crippen molar-refractivity contribution < 1.29 is 4.79 Å². The minimum Gasteiger partial charge on any atom is -0.338 e. The lowest BCUT2D eigenvalue weighted by Crippen LogP contribution is -2.43. The van der Waals surface area contributed by atoms with Gasteiger partial charge in [0, 0.05) is 31.9 Å². The highest BCUT2D eigenvalue weighted by Gasteiger charge is 2.28. The molecule has 0 saturated carbocycles. The Morgan fingerprint density at radius 3 is 2.67 bits per heavy atom. The largest absolute Gasteiger partial charge is 0.338 e. The van der Waals surface area contributed by atoms with E-state index in [9.17, 15) is 14.4 Å². The molecule has 2 heterocycles. The van der Waals surface area contributed by atoms with Crippen LogP contribution in [0.25, 0.3) is 0 Å². The molecular weight excluding hydrogens is 306 g/mol. The Kier molecular flexibility index (Phi) is 4.64. The van der Waals surface area contributed by atoms with Gasteiger partial charge in [-0.3, -0.25) is 18.7 Å². The number of carbonyl (C=O) groups excluding carboxylic acids is 1. The normalized spacial score (nSPS) is 17.2. The predicted octanol–water partition coefficient (Wildman–Crippen LogP) is 0.781. The fraction of sp³-hybridized carbons (Fsp3) is 0.389. The molecule has 1 aliphatic rings. The smallest absolute Gasteiger partial charge is 0.331 e. The van der Waals surface area contributed by atoms with Crippen molar-refractivity contribution in [3.63, 3.8) is 0 Å². The maximum Gasteiger partial charge on any atom is 0.331 e. The second kappa shape index (κ2) is 6.86. The summed E-state index contributed by atoms with van der Waals surface area (Å²) < 4.78 is 2.31. The van der Waals surface area contributed by atoms with Gasteiger partial charge in [0.2, 0.25) is 5.91 Å². The molecule has 0 radical (unpaired) electrons. The summed E-state index contributed by atoms with van der Waals surface area (Å²) in [6.45, 7) is 0.690. The molecule has 1 saturated heterocycles. The molecule has 1 amide bonds. The van der Waals surface area contributed by atoms with Crippen LogP contribution in [-0.4, -0.2) is 32.5 Å². The van der Waals surface area contributed by atoms with Crippen LogP contribution in [0.1, 0.15) is 18.4 Å². The highest BCUT2D eigenvalue weighted by Crippen LogP contribution is 2.21. The summed E-state index contributed by atoms with van der Waals surface area (Å²) >= 11 is 0. The summed E-state index contributed by atoms with van der Waals surface area (Å²) in [4.78, 5) is 38.0. The SMILES string of the molecule is Cn1c(=O)ccn(CC(=O)N2CCC[C@@H]2Cc2ccccc2)c1=O. The standard InChI is InChI=1S/C18H21N3O3/c1-19-16(22)9-11-20(18(19)24)13-17(23)21-10-5-8-15(21)12-14-6-3-2-4-7-14/h2-4,6-7,9,11,15H,5,8,10,12-13H2,1H3/t15-/m1/s1. The lowest BCUT2D eigenvalue weighted by atomic mass is 10.0. The molecule has 1 atom stereocenters. The van der Waals surface area contributed by atoms with Crippen LogP contribution in [0.15, 0.2) is 52.2 Å². The van der Waals surface area contributed by atoms with Crippen LogP contribution >= 0.6 is 0 Å². The minimum atomic E-state index is -0.463. The van der Waals surface area contributed by atoms with Crippen LogP contribution in [0.3, 0.4) is 0 Å². The van der Waals surface area contributed by atoms with E-state index in [-0.39, 0.29) is 24.1 Å². The summed E-state index contributed by atoms with van der Waals surface area (Å²) in [5, 5.41) is 0. The van der Waals surface area contributed by atoms with E-state index in [4.69, 9.17) is 0 Å². The van der Waals surface area contributed by atoms with E-state index in [2.05, 4.69) is 12.1 Å². The number of rotatable bonds is 4. The molecule has 0 bridgehead atoms. The Hall–Kier alpha value is -2.63. The minimum absolute atomic E-state index is 0.0295. The van der Waals surface area contributed by atoms with Crippen LogP contribution in [-0.2, 0) is 24.8 Å². The first-order chi connectivity index (χ1) is 11.6. The molecule has 0 spiro atoms. The molecule has 1 aromatic carbocycles. The molecule has 2 aromatic rings. The van der Waals surface area contributed by atoms with Crippen molar-refractivity contribution in [3.8, 4) is 0 Å². The van der Waals surface area contributed by atoms with Crippen molar-refractivity contribution in [2.24, 2.45) is 7.05 Å². The number of hydrogen-bond donors (Lipinski definition) is 0. The molecule has 1 fully saturated rings. The number of hydrogen-bond acceptors (Lipinski definition) is 3. The van der Waals surface area contributed by atoms with Gasteiger partial charge in [0.1, 0.15) is 6.54 Å². The molecule has 0 unspecified atom stereocenters. The third kappa shape index (κ3) is 3.32. The van der Waals surface area contributed by atoms with Gasteiger partial charge in [-0.2, -0.15) is 0 Å². The van der Waals surface area contributed by atoms with E-state index in [1.54, 1.807) is 0 Å². The summed E-state index contributed by atoms with van der Waals surface area (Å²) in [6, 6.07) is 11.6. The van der Waals surface area contributed by atoms with Crippen molar-refractivity contribution in [3.05, 3.63) is 69.0 Å². The van der Waals surface area contributed by atoms with Gasteiger partial charge in [-0.15, -0.1) is 0 Å². The molecular formula is C18H21N3O3. The first-order valence-corrected chi connectivity index (χ1v) is 8.16. The monoisotopic (exact) mass is 327 g/mol. The summed E-state index contributed by atoms with van der Waals surface area (Å²) in [7, 11) is 1.42. The first kappa shape index (κ1) is 16.2. The van der Waals surface area contributed by atoms with Crippen LogP contribution < -0.4 is 11.2 Å². The zero-order valence-corrected chi connectivity index (χ0v) is 13.7. The highest BCUT2D eigenvalue weighted by molar-refractivity contribution is 5.76. The summed E-state index contributed by atoms with van der Waals surface area (Å²) in [5.41, 5.74) is 0.378. The van der Waals surface area contributed by atoms with Crippen LogP contribution in [0.2, 0.25) is 0 Å². The van der Waals surface area contributed by atoms with Crippen LogP contribution in [0, 0.1) is 0 Å². The Balaban J connectivity index is 1.73. The van der Waals surface area contributed by atoms with Crippen molar-refractivity contribution in [1.29, 1.82) is 0 Å². The van der Waals surface area contributed by atoms with Gasteiger partial charge >= 0.3 is 5.69 Å². The third-order valence-corrected chi connectivity index (χ3v) is 4.58. The molecule has 0 N–H and O–H groups in total. The number of benzene rings is 1. The van der Waals surface area contributed by atoms with Crippen molar-refractivity contribution >= 4 is 5.91 Å². The van der Waals surface area contributed by atoms with Crippen molar-refractivity contribution in [2.45, 2.75) is 31.8 Å². The van der Waals surface area contributed by atoms with Gasteiger partial charge in [-0.25, -0.2) is 4.79 Å². The second-order valence-electron chi connectivity index (χ2n) is 6.20. The summed E-state index contributed by atoms with van der Waals surface area (Å²) in [6.07, 6.45) is 4.17. The molecule has 0 aliphatic carbocycles. The number of carbonyl (C=O) groups is 1. The molecule has 1 aromatic heterocycles.